The standard InChI is InChI=1S/C29H38N4O2/c1-23-27(24(2)32(4)30-23)21-33-17-15-29(16-18-33,22-35-26-13-9-6-10-14-26)19-28(34)31(3)20-25-11-7-5-8-12-25/h5-14H,15-22H2,1-4H3. The molecule has 3 aromatic rings. The second-order valence-corrected chi connectivity index (χ2v) is 10.1. The van der Waals surface area contributed by atoms with E-state index in [2.05, 4.69) is 36.0 Å². The zero-order valence-electron chi connectivity index (χ0n) is 21.5. The van der Waals surface area contributed by atoms with Crippen LogP contribution in [0.5, 0.6) is 5.75 Å². The first-order chi connectivity index (χ1) is 16.8. The quantitative estimate of drug-likeness (QED) is 0.449. The maximum atomic E-state index is 13.3. The highest BCUT2D eigenvalue weighted by atomic mass is 16.5. The summed E-state index contributed by atoms with van der Waals surface area (Å²) in [5.74, 6) is 1.04. The molecule has 6 heteroatoms. The van der Waals surface area contributed by atoms with Crippen molar-refractivity contribution in [3.63, 3.8) is 0 Å². The minimum atomic E-state index is -0.173. The van der Waals surface area contributed by atoms with Crippen LogP contribution < -0.4 is 4.74 Å². The van der Waals surface area contributed by atoms with Crippen LogP contribution in [-0.2, 0) is 24.9 Å². The fourth-order valence-corrected chi connectivity index (χ4v) is 4.98. The SMILES string of the molecule is Cc1nn(C)c(C)c1CN1CCC(COc2ccccc2)(CC(=O)N(C)Cc2ccccc2)CC1. The molecule has 4 rings (SSSR count). The number of hydrogen-bond donors (Lipinski definition) is 0. The summed E-state index contributed by atoms with van der Waals surface area (Å²) in [4.78, 5) is 17.7. The number of carbonyl (C=O) groups is 1. The van der Waals surface area contributed by atoms with E-state index in [9.17, 15) is 4.79 Å². The highest BCUT2D eigenvalue weighted by Crippen LogP contribution is 2.37. The predicted molar refractivity (Wildman–Crippen MR) is 139 cm³/mol. The van der Waals surface area contributed by atoms with Gasteiger partial charge >= 0.3 is 0 Å². The lowest BCUT2D eigenvalue weighted by Crippen LogP contribution is -2.45. The number of aromatic nitrogens is 2. The van der Waals surface area contributed by atoms with Crippen molar-refractivity contribution in [3.8, 4) is 5.75 Å². The Hall–Kier alpha value is -3.12. The summed E-state index contributed by atoms with van der Waals surface area (Å²) >= 11 is 0. The fourth-order valence-electron chi connectivity index (χ4n) is 4.98. The number of carbonyl (C=O) groups excluding carboxylic acids is 1. The maximum absolute atomic E-state index is 13.3. The molecule has 0 atom stereocenters. The van der Waals surface area contributed by atoms with Crippen LogP contribution in [0.1, 0.15) is 41.8 Å². The lowest BCUT2D eigenvalue weighted by Gasteiger charge is -2.42. The summed E-state index contributed by atoms with van der Waals surface area (Å²) in [6.45, 7) is 8.21. The topological polar surface area (TPSA) is 50.6 Å². The Kier molecular flexibility index (Phi) is 7.91. The molecule has 186 valence electrons. The smallest absolute Gasteiger partial charge is 0.223 e. The average Bonchev–Trinajstić information content (AvgIpc) is 3.11. The molecule has 1 amide bonds. The van der Waals surface area contributed by atoms with Gasteiger partial charge in [0.15, 0.2) is 0 Å². The number of amides is 1. The first-order valence-corrected chi connectivity index (χ1v) is 12.5. The van der Waals surface area contributed by atoms with Gasteiger partial charge in [0.05, 0.1) is 12.3 Å². The Bertz CT molecular complexity index is 1100. The highest BCUT2D eigenvalue weighted by Gasteiger charge is 2.38. The lowest BCUT2D eigenvalue weighted by molar-refractivity contribution is -0.134. The number of ether oxygens (including phenoxy) is 1. The van der Waals surface area contributed by atoms with Crippen LogP contribution in [0.25, 0.3) is 0 Å². The van der Waals surface area contributed by atoms with Crippen LogP contribution >= 0.6 is 0 Å². The Labute approximate surface area is 209 Å². The zero-order valence-corrected chi connectivity index (χ0v) is 21.5. The van der Waals surface area contributed by atoms with E-state index in [4.69, 9.17) is 4.74 Å². The number of likely N-dealkylation sites (tertiary alicyclic amines) is 1. The summed E-state index contributed by atoms with van der Waals surface area (Å²) in [6.07, 6.45) is 2.37. The van der Waals surface area contributed by atoms with Crippen molar-refractivity contribution in [1.82, 2.24) is 19.6 Å². The molecule has 1 aliphatic rings. The van der Waals surface area contributed by atoms with E-state index in [1.54, 1.807) is 0 Å². The summed E-state index contributed by atoms with van der Waals surface area (Å²) in [7, 11) is 3.91. The first-order valence-electron chi connectivity index (χ1n) is 12.5. The van der Waals surface area contributed by atoms with Crippen molar-refractivity contribution in [2.75, 3.05) is 26.7 Å². The molecule has 6 nitrogen and oxygen atoms in total. The van der Waals surface area contributed by atoms with Crippen molar-refractivity contribution in [1.29, 1.82) is 0 Å². The van der Waals surface area contributed by atoms with Crippen LogP contribution in [0.3, 0.4) is 0 Å². The summed E-state index contributed by atoms with van der Waals surface area (Å²) in [5.41, 5.74) is 4.62. The molecule has 0 unspecified atom stereocenters. The third-order valence-corrected chi connectivity index (χ3v) is 7.46. The minimum absolute atomic E-state index is 0.173. The average molecular weight is 475 g/mol. The Balaban J connectivity index is 1.43. The number of piperidine rings is 1. The van der Waals surface area contributed by atoms with Crippen LogP contribution in [0, 0.1) is 19.3 Å². The molecule has 1 aliphatic heterocycles. The molecule has 0 bridgehead atoms. The van der Waals surface area contributed by atoms with Crippen LogP contribution in [0.15, 0.2) is 60.7 Å². The molecule has 0 N–H and O–H groups in total. The van der Waals surface area contributed by atoms with Crippen molar-refractivity contribution in [3.05, 3.63) is 83.2 Å². The number of nitrogens with zero attached hydrogens (tertiary/aromatic N) is 4. The molecule has 2 heterocycles. The molecule has 0 spiro atoms. The van der Waals surface area contributed by atoms with Gasteiger partial charge in [-0.1, -0.05) is 48.5 Å². The van der Waals surface area contributed by atoms with Gasteiger partial charge in [-0.15, -0.1) is 0 Å². The van der Waals surface area contributed by atoms with Gasteiger partial charge < -0.3 is 9.64 Å². The predicted octanol–water partition coefficient (Wildman–Crippen LogP) is 4.75. The van der Waals surface area contributed by atoms with E-state index in [1.165, 1.54) is 11.3 Å². The number of hydrogen-bond acceptors (Lipinski definition) is 4. The number of para-hydroxylation sites is 1. The van der Waals surface area contributed by atoms with E-state index in [1.807, 2.05) is 72.2 Å². The summed E-state index contributed by atoms with van der Waals surface area (Å²) in [6, 6.07) is 20.1. The number of aryl methyl sites for hydroxylation is 2. The van der Waals surface area contributed by atoms with Crippen molar-refractivity contribution in [2.24, 2.45) is 12.5 Å². The van der Waals surface area contributed by atoms with Crippen LogP contribution in [0.4, 0.5) is 0 Å². The van der Waals surface area contributed by atoms with E-state index >= 15 is 0 Å². The van der Waals surface area contributed by atoms with Gasteiger partial charge in [-0.25, -0.2) is 0 Å². The lowest BCUT2D eigenvalue weighted by atomic mass is 9.75. The largest absolute Gasteiger partial charge is 0.493 e. The molecule has 0 aliphatic carbocycles. The van der Waals surface area contributed by atoms with Crippen molar-refractivity contribution in [2.45, 2.75) is 46.2 Å². The van der Waals surface area contributed by atoms with Crippen LogP contribution in [0.2, 0.25) is 0 Å². The molecule has 0 radical (unpaired) electrons. The van der Waals surface area contributed by atoms with Crippen molar-refractivity contribution < 1.29 is 9.53 Å². The molecule has 2 aromatic carbocycles. The van der Waals surface area contributed by atoms with Gasteiger partial charge in [0, 0.05) is 50.3 Å². The van der Waals surface area contributed by atoms with E-state index < -0.39 is 0 Å². The second-order valence-electron chi connectivity index (χ2n) is 10.1. The highest BCUT2D eigenvalue weighted by molar-refractivity contribution is 5.76. The Morgan fingerprint density at radius 1 is 1.03 bits per heavy atom. The van der Waals surface area contributed by atoms with Gasteiger partial charge in [0.2, 0.25) is 5.91 Å². The first kappa shape index (κ1) is 25.0. The van der Waals surface area contributed by atoms with E-state index in [0.717, 1.165) is 49.5 Å². The Morgan fingerprint density at radius 2 is 1.66 bits per heavy atom. The molecule has 1 aromatic heterocycles. The summed E-state index contributed by atoms with van der Waals surface area (Å²) in [5, 5.41) is 4.58. The molecular weight excluding hydrogens is 436 g/mol. The van der Waals surface area contributed by atoms with Crippen molar-refractivity contribution >= 4 is 5.91 Å². The monoisotopic (exact) mass is 474 g/mol. The van der Waals surface area contributed by atoms with Gasteiger partial charge in [-0.3, -0.25) is 14.4 Å². The number of benzene rings is 2. The summed E-state index contributed by atoms with van der Waals surface area (Å²) < 4.78 is 8.21. The molecule has 0 saturated carbocycles. The van der Waals surface area contributed by atoms with Gasteiger partial charge in [0.1, 0.15) is 5.75 Å². The third kappa shape index (κ3) is 6.31. The normalized spacial score (nSPS) is 15.7. The second kappa shape index (κ2) is 11.1. The molecule has 1 fully saturated rings. The minimum Gasteiger partial charge on any atom is -0.493 e. The third-order valence-electron chi connectivity index (χ3n) is 7.46. The molecular formula is C29H38N4O2. The van der Waals surface area contributed by atoms with E-state index in [0.29, 0.717) is 19.6 Å². The van der Waals surface area contributed by atoms with Gasteiger partial charge in [-0.2, -0.15) is 5.10 Å². The van der Waals surface area contributed by atoms with Gasteiger partial charge in [0.25, 0.3) is 0 Å². The Morgan fingerprint density at radius 3 is 2.26 bits per heavy atom. The molecule has 35 heavy (non-hydrogen) atoms. The fraction of sp³-hybridized carbons (Fsp3) is 0.448. The maximum Gasteiger partial charge on any atom is 0.223 e. The zero-order chi connectivity index (χ0) is 24.8. The number of rotatable bonds is 9. The molecule has 1 saturated heterocycles. The van der Waals surface area contributed by atoms with Crippen LogP contribution in [-0.4, -0.2) is 52.2 Å². The van der Waals surface area contributed by atoms with Gasteiger partial charge in [-0.05, 0) is 57.5 Å². The van der Waals surface area contributed by atoms with E-state index in [-0.39, 0.29) is 11.3 Å².